The van der Waals surface area contributed by atoms with Crippen molar-refractivity contribution >= 4 is 15.2 Å². The van der Waals surface area contributed by atoms with Gasteiger partial charge < -0.3 is 10.0 Å². The number of rotatable bonds is 6. The highest BCUT2D eigenvalue weighted by Gasteiger charge is 2.41. The second kappa shape index (κ2) is 6.76. The Kier molecular flexibility index (Phi) is 6.74. The third kappa shape index (κ3) is 3.97. The predicted molar refractivity (Wildman–Crippen MR) is 79.8 cm³/mol. The predicted octanol–water partition coefficient (Wildman–Crippen LogP) is 3.62. The summed E-state index contributed by atoms with van der Waals surface area (Å²) >= 11 is 0. The topological polar surface area (TPSA) is 40.5 Å². The van der Waals surface area contributed by atoms with Crippen LogP contribution in [0, 0.1) is 0 Å². The van der Waals surface area contributed by atoms with Crippen LogP contribution in [0.2, 0.25) is 22.7 Å². The van der Waals surface area contributed by atoms with Gasteiger partial charge in [-0.2, -0.15) is 0 Å². The van der Waals surface area contributed by atoms with E-state index in [-0.39, 0.29) is 0 Å². The van der Waals surface area contributed by atoms with Gasteiger partial charge in [0.25, 0.3) is 0 Å². The van der Waals surface area contributed by atoms with E-state index < -0.39 is 15.2 Å². The lowest BCUT2D eigenvalue weighted by Gasteiger charge is -2.43. The van der Waals surface area contributed by atoms with Gasteiger partial charge >= 0.3 is 7.12 Å². The minimum Gasteiger partial charge on any atom is -0.423 e. The second-order valence-electron chi connectivity index (χ2n) is 6.10. The van der Waals surface area contributed by atoms with Crippen LogP contribution in [-0.2, 0) is 0 Å². The maximum Gasteiger partial charge on any atom is 0.483 e. The van der Waals surface area contributed by atoms with Crippen LogP contribution in [0.15, 0.2) is 11.5 Å². The molecule has 17 heavy (non-hydrogen) atoms. The molecule has 0 spiro atoms. The quantitative estimate of drug-likeness (QED) is 0.712. The summed E-state index contributed by atoms with van der Waals surface area (Å²) in [5, 5.41) is 18.3. The molecule has 0 aliphatic heterocycles. The molecule has 2 N–H and O–H groups in total. The Bertz CT molecular complexity index is 238. The molecule has 0 fully saturated rings. The molecular formula is C13H29BO2Si. The molecule has 0 aromatic carbocycles. The molecule has 0 radical (unpaired) electrons. The van der Waals surface area contributed by atoms with Crippen LogP contribution < -0.4 is 0 Å². The fourth-order valence-electron chi connectivity index (χ4n) is 3.15. The van der Waals surface area contributed by atoms with E-state index in [4.69, 9.17) is 10.0 Å². The Labute approximate surface area is 108 Å². The fraction of sp³-hybridized carbons (Fsp3) is 0.846. The lowest BCUT2D eigenvalue weighted by Crippen LogP contribution is -2.43. The molecule has 2 nitrogen and oxygen atoms in total. The minimum atomic E-state index is -1.43. The standard InChI is InChI=1S/C13H29BO2Si/c1-10(2)17(11(3)4,12(5)6)9-8-13(7)14(15)16/h8,10-12,15-16H,9H2,1-7H3/b13-8+. The summed E-state index contributed by atoms with van der Waals surface area (Å²) in [5.74, 6) is 0. The molecule has 0 saturated carbocycles. The van der Waals surface area contributed by atoms with E-state index in [2.05, 4.69) is 47.6 Å². The number of hydrogen-bond donors (Lipinski definition) is 2. The highest BCUT2D eigenvalue weighted by atomic mass is 28.3. The molecule has 0 aliphatic rings. The van der Waals surface area contributed by atoms with Crippen molar-refractivity contribution in [1.82, 2.24) is 0 Å². The largest absolute Gasteiger partial charge is 0.483 e. The molecule has 0 heterocycles. The second-order valence-corrected chi connectivity index (χ2v) is 12.2. The van der Waals surface area contributed by atoms with Crippen molar-refractivity contribution in [3.63, 3.8) is 0 Å². The third-order valence-electron chi connectivity index (χ3n) is 4.41. The summed E-state index contributed by atoms with van der Waals surface area (Å²) in [6.45, 7) is 15.7. The van der Waals surface area contributed by atoms with Crippen molar-refractivity contribution < 1.29 is 10.0 Å². The van der Waals surface area contributed by atoms with Crippen LogP contribution in [0.5, 0.6) is 0 Å². The van der Waals surface area contributed by atoms with Gasteiger partial charge in [-0.3, -0.25) is 0 Å². The maximum absolute atomic E-state index is 9.14. The molecule has 0 rings (SSSR count). The molecule has 0 saturated heterocycles. The Balaban J connectivity index is 5.14. The molecule has 4 heteroatoms. The van der Waals surface area contributed by atoms with E-state index in [1.165, 1.54) is 0 Å². The van der Waals surface area contributed by atoms with Gasteiger partial charge in [0.15, 0.2) is 0 Å². The average Bonchev–Trinajstić information content (AvgIpc) is 2.16. The first-order valence-corrected chi connectivity index (χ1v) is 9.12. The van der Waals surface area contributed by atoms with Gasteiger partial charge in [-0.25, -0.2) is 0 Å². The maximum atomic E-state index is 9.14. The lowest BCUT2D eigenvalue weighted by molar-refractivity contribution is 0.419. The SMILES string of the molecule is C/C(=C\C[Si](C(C)C)(C(C)C)C(C)C)B(O)O. The van der Waals surface area contributed by atoms with Gasteiger partial charge in [-0.1, -0.05) is 64.2 Å². The zero-order valence-corrected chi connectivity index (χ0v) is 13.5. The Morgan fingerprint density at radius 2 is 1.35 bits per heavy atom. The highest BCUT2D eigenvalue weighted by Crippen LogP contribution is 2.44. The third-order valence-corrected chi connectivity index (χ3v) is 11.8. The van der Waals surface area contributed by atoms with E-state index in [9.17, 15) is 0 Å². The number of hydrogen-bond acceptors (Lipinski definition) is 2. The summed E-state index contributed by atoms with van der Waals surface area (Å²) < 4.78 is 0. The van der Waals surface area contributed by atoms with Crippen LogP contribution >= 0.6 is 0 Å². The van der Waals surface area contributed by atoms with E-state index in [0.29, 0.717) is 22.1 Å². The van der Waals surface area contributed by atoms with Crippen LogP contribution in [0.1, 0.15) is 48.5 Å². The van der Waals surface area contributed by atoms with Gasteiger partial charge in [0, 0.05) is 0 Å². The first-order valence-electron chi connectivity index (χ1n) is 6.69. The lowest BCUT2D eigenvalue weighted by atomic mass is 9.81. The Morgan fingerprint density at radius 3 is 1.59 bits per heavy atom. The van der Waals surface area contributed by atoms with Gasteiger partial charge in [-0.15, -0.1) is 0 Å². The fourth-order valence-corrected chi connectivity index (χ4v) is 9.24. The van der Waals surface area contributed by atoms with Crippen LogP contribution in [0.3, 0.4) is 0 Å². The summed E-state index contributed by atoms with van der Waals surface area (Å²) in [7, 11) is -2.73. The van der Waals surface area contributed by atoms with Crippen LogP contribution in [0.4, 0.5) is 0 Å². The normalized spacial score (nSPS) is 14.0. The highest BCUT2D eigenvalue weighted by molar-refractivity contribution is 6.83. The van der Waals surface area contributed by atoms with Crippen molar-refractivity contribution in [3.8, 4) is 0 Å². The Morgan fingerprint density at radius 1 is 1.00 bits per heavy atom. The average molecular weight is 256 g/mol. The molecule has 0 aliphatic carbocycles. The van der Waals surface area contributed by atoms with Crippen molar-refractivity contribution in [3.05, 3.63) is 11.5 Å². The van der Waals surface area contributed by atoms with Crippen molar-refractivity contribution in [2.24, 2.45) is 0 Å². The van der Waals surface area contributed by atoms with E-state index in [0.717, 1.165) is 6.04 Å². The number of allylic oxidation sites excluding steroid dienone is 2. The monoisotopic (exact) mass is 256 g/mol. The first kappa shape index (κ1) is 16.9. The molecule has 0 atom stereocenters. The summed E-state index contributed by atoms with van der Waals surface area (Å²) in [6, 6.07) is 1.05. The van der Waals surface area contributed by atoms with E-state index >= 15 is 0 Å². The molecular weight excluding hydrogens is 227 g/mol. The van der Waals surface area contributed by atoms with E-state index in [1.807, 2.05) is 0 Å². The van der Waals surface area contributed by atoms with Crippen LogP contribution in [-0.4, -0.2) is 25.2 Å². The van der Waals surface area contributed by atoms with Gasteiger partial charge in [0.1, 0.15) is 0 Å². The molecule has 0 amide bonds. The molecule has 100 valence electrons. The molecule has 0 unspecified atom stereocenters. The van der Waals surface area contributed by atoms with Crippen molar-refractivity contribution in [2.45, 2.75) is 71.1 Å². The Hall–Kier alpha value is -0.0582. The van der Waals surface area contributed by atoms with Gasteiger partial charge in [0.2, 0.25) is 0 Å². The van der Waals surface area contributed by atoms with E-state index in [1.54, 1.807) is 6.92 Å². The van der Waals surface area contributed by atoms with Gasteiger partial charge in [-0.05, 0) is 18.4 Å². The molecule has 0 bridgehead atoms. The summed E-state index contributed by atoms with van der Waals surface area (Å²) in [4.78, 5) is 0. The zero-order valence-electron chi connectivity index (χ0n) is 12.5. The minimum absolute atomic E-state index is 0.684. The summed E-state index contributed by atoms with van der Waals surface area (Å²) in [5.41, 5.74) is 2.82. The zero-order chi connectivity index (χ0) is 13.8. The summed E-state index contributed by atoms with van der Waals surface area (Å²) in [6.07, 6.45) is 2.05. The molecule has 0 aromatic heterocycles. The first-order chi connectivity index (χ1) is 7.66. The van der Waals surface area contributed by atoms with Crippen LogP contribution in [0.25, 0.3) is 0 Å². The molecule has 0 aromatic rings. The van der Waals surface area contributed by atoms with Crippen molar-refractivity contribution in [2.75, 3.05) is 0 Å². The smallest absolute Gasteiger partial charge is 0.423 e. The van der Waals surface area contributed by atoms with Gasteiger partial charge in [0.05, 0.1) is 8.07 Å². The van der Waals surface area contributed by atoms with Crippen molar-refractivity contribution in [1.29, 1.82) is 0 Å².